The number of nitrogens with zero attached hydrogens (tertiary/aromatic N) is 2. The number of hydrazine groups is 1. The van der Waals surface area contributed by atoms with E-state index in [1.54, 1.807) is 0 Å². The predicted molar refractivity (Wildman–Crippen MR) is 74.1 cm³/mol. The number of rotatable bonds is 4. The van der Waals surface area contributed by atoms with E-state index < -0.39 is 0 Å². The van der Waals surface area contributed by atoms with Crippen LogP contribution in [-0.2, 0) is 6.54 Å². The summed E-state index contributed by atoms with van der Waals surface area (Å²) in [4.78, 5) is 0. The predicted octanol–water partition coefficient (Wildman–Crippen LogP) is 2.64. The lowest BCUT2D eigenvalue weighted by atomic mass is 10.1. The summed E-state index contributed by atoms with van der Waals surface area (Å²) >= 11 is 0. The molecule has 3 rings (SSSR count). The zero-order valence-corrected chi connectivity index (χ0v) is 11.6. The summed E-state index contributed by atoms with van der Waals surface area (Å²) in [5.41, 5.74) is 1.29. The lowest BCUT2D eigenvalue weighted by Crippen LogP contribution is -2.44. The van der Waals surface area contributed by atoms with Gasteiger partial charge in [0.1, 0.15) is 0 Å². The Hall–Kier alpha value is -1.26. The second-order valence-corrected chi connectivity index (χ2v) is 5.18. The summed E-state index contributed by atoms with van der Waals surface area (Å²) in [5, 5.41) is 4.94. The van der Waals surface area contributed by atoms with Gasteiger partial charge >= 0.3 is 0 Å². The third kappa shape index (κ3) is 2.85. The van der Waals surface area contributed by atoms with Crippen LogP contribution < -0.4 is 9.47 Å². The quantitative estimate of drug-likeness (QED) is 0.833. The van der Waals surface area contributed by atoms with E-state index in [9.17, 15) is 0 Å². The van der Waals surface area contributed by atoms with Crippen LogP contribution in [0.4, 0.5) is 0 Å². The summed E-state index contributed by atoms with van der Waals surface area (Å²) in [5.74, 6) is 1.75. The molecule has 0 aromatic heterocycles. The molecule has 1 aromatic carbocycles. The lowest BCUT2D eigenvalue weighted by Gasteiger charge is -2.37. The van der Waals surface area contributed by atoms with Gasteiger partial charge in [-0.15, -0.1) is 0 Å². The largest absolute Gasteiger partial charge is 0.454 e. The van der Waals surface area contributed by atoms with E-state index in [4.69, 9.17) is 9.47 Å². The average molecular weight is 262 g/mol. The highest BCUT2D eigenvalue weighted by Gasteiger charge is 2.18. The molecule has 0 saturated carbocycles. The van der Waals surface area contributed by atoms with E-state index in [0.717, 1.165) is 24.6 Å². The van der Waals surface area contributed by atoms with Crippen molar-refractivity contribution in [1.82, 2.24) is 10.0 Å². The van der Waals surface area contributed by atoms with Gasteiger partial charge in [0.2, 0.25) is 6.79 Å². The van der Waals surface area contributed by atoms with E-state index in [1.807, 2.05) is 6.07 Å². The molecule has 0 N–H and O–H groups in total. The van der Waals surface area contributed by atoms with Crippen molar-refractivity contribution in [2.45, 2.75) is 32.7 Å². The Morgan fingerprint density at radius 3 is 2.68 bits per heavy atom. The Morgan fingerprint density at radius 1 is 1.11 bits per heavy atom. The van der Waals surface area contributed by atoms with Crippen LogP contribution in [0.15, 0.2) is 18.2 Å². The van der Waals surface area contributed by atoms with Gasteiger partial charge in [0.05, 0.1) is 0 Å². The summed E-state index contributed by atoms with van der Waals surface area (Å²) in [6, 6.07) is 6.26. The second kappa shape index (κ2) is 5.80. The molecule has 4 heteroatoms. The first-order valence-electron chi connectivity index (χ1n) is 7.25. The number of piperidine rings is 1. The molecule has 0 aliphatic carbocycles. The Kier molecular flexibility index (Phi) is 3.89. The van der Waals surface area contributed by atoms with Crippen molar-refractivity contribution < 1.29 is 9.47 Å². The van der Waals surface area contributed by atoms with Gasteiger partial charge in [-0.2, -0.15) is 0 Å². The first-order valence-corrected chi connectivity index (χ1v) is 7.25. The average Bonchev–Trinajstić information content (AvgIpc) is 2.93. The van der Waals surface area contributed by atoms with E-state index in [0.29, 0.717) is 6.79 Å². The molecule has 0 amide bonds. The number of fused-ring (bicyclic) bond motifs is 1. The fraction of sp³-hybridized carbons (Fsp3) is 0.600. The number of hydrogen-bond acceptors (Lipinski definition) is 4. The summed E-state index contributed by atoms with van der Waals surface area (Å²) in [7, 11) is 0. The van der Waals surface area contributed by atoms with Gasteiger partial charge < -0.3 is 9.47 Å². The maximum Gasteiger partial charge on any atom is 0.231 e. The maximum absolute atomic E-state index is 5.45. The van der Waals surface area contributed by atoms with Crippen molar-refractivity contribution in [3.8, 4) is 11.5 Å². The molecule has 0 bridgehead atoms. The van der Waals surface area contributed by atoms with Crippen molar-refractivity contribution in [2.24, 2.45) is 0 Å². The zero-order chi connectivity index (χ0) is 13.1. The standard InChI is InChI=1S/C15H22N2O2/c1-2-16(17-8-4-3-5-9-17)11-13-6-7-14-15(10-13)19-12-18-14/h6-7,10H,2-5,8-9,11-12H2,1H3. The van der Waals surface area contributed by atoms with E-state index >= 15 is 0 Å². The van der Waals surface area contributed by atoms with E-state index in [1.165, 1.54) is 37.9 Å². The highest BCUT2D eigenvalue weighted by molar-refractivity contribution is 5.44. The Labute approximate surface area is 114 Å². The highest BCUT2D eigenvalue weighted by Crippen LogP contribution is 2.33. The van der Waals surface area contributed by atoms with Gasteiger partial charge in [-0.1, -0.05) is 19.4 Å². The molecule has 0 unspecified atom stereocenters. The van der Waals surface area contributed by atoms with Crippen LogP contribution in [0.2, 0.25) is 0 Å². The fourth-order valence-corrected chi connectivity index (χ4v) is 2.82. The molecule has 0 radical (unpaired) electrons. The zero-order valence-electron chi connectivity index (χ0n) is 11.6. The molecule has 1 fully saturated rings. The molecular weight excluding hydrogens is 240 g/mol. The minimum atomic E-state index is 0.350. The first kappa shape index (κ1) is 12.8. The van der Waals surface area contributed by atoms with Gasteiger partial charge in [0, 0.05) is 26.2 Å². The van der Waals surface area contributed by atoms with Gasteiger partial charge in [0.25, 0.3) is 0 Å². The fourth-order valence-electron chi connectivity index (χ4n) is 2.82. The molecule has 2 heterocycles. The molecule has 104 valence electrons. The maximum atomic E-state index is 5.45. The van der Waals surface area contributed by atoms with Crippen LogP contribution in [0.25, 0.3) is 0 Å². The third-order valence-corrected chi connectivity index (χ3v) is 3.90. The topological polar surface area (TPSA) is 24.9 Å². The van der Waals surface area contributed by atoms with Crippen molar-refractivity contribution in [2.75, 3.05) is 26.4 Å². The SMILES string of the molecule is CCN(Cc1ccc2c(c1)OCO2)N1CCCCC1. The van der Waals surface area contributed by atoms with Crippen LogP contribution >= 0.6 is 0 Å². The molecule has 0 spiro atoms. The molecule has 2 aliphatic rings. The monoisotopic (exact) mass is 262 g/mol. The van der Waals surface area contributed by atoms with Gasteiger partial charge in [-0.05, 0) is 30.5 Å². The third-order valence-electron chi connectivity index (χ3n) is 3.90. The van der Waals surface area contributed by atoms with Crippen molar-refractivity contribution >= 4 is 0 Å². The second-order valence-electron chi connectivity index (χ2n) is 5.18. The number of hydrogen-bond donors (Lipinski definition) is 0. The van der Waals surface area contributed by atoms with Crippen LogP contribution in [-0.4, -0.2) is 36.4 Å². The van der Waals surface area contributed by atoms with Crippen LogP contribution in [0.3, 0.4) is 0 Å². The molecule has 0 atom stereocenters. The normalized spacial score (nSPS) is 19.1. The minimum Gasteiger partial charge on any atom is -0.454 e. The lowest BCUT2D eigenvalue weighted by molar-refractivity contribution is -0.0426. The molecular formula is C15H22N2O2. The number of ether oxygens (including phenoxy) is 2. The van der Waals surface area contributed by atoms with Crippen molar-refractivity contribution in [3.63, 3.8) is 0 Å². The molecule has 4 nitrogen and oxygen atoms in total. The van der Waals surface area contributed by atoms with Gasteiger partial charge in [-0.3, -0.25) is 0 Å². The summed E-state index contributed by atoms with van der Waals surface area (Å²) in [6.45, 7) is 6.96. The highest BCUT2D eigenvalue weighted by atomic mass is 16.7. The summed E-state index contributed by atoms with van der Waals surface area (Å²) in [6.07, 6.45) is 4.01. The van der Waals surface area contributed by atoms with Crippen LogP contribution in [0, 0.1) is 0 Å². The molecule has 19 heavy (non-hydrogen) atoms. The van der Waals surface area contributed by atoms with E-state index in [-0.39, 0.29) is 0 Å². The van der Waals surface area contributed by atoms with Crippen molar-refractivity contribution in [1.29, 1.82) is 0 Å². The molecule has 2 aliphatic heterocycles. The van der Waals surface area contributed by atoms with Crippen LogP contribution in [0.1, 0.15) is 31.7 Å². The Morgan fingerprint density at radius 2 is 1.89 bits per heavy atom. The molecule has 1 aromatic rings. The van der Waals surface area contributed by atoms with E-state index in [2.05, 4.69) is 29.1 Å². The van der Waals surface area contributed by atoms with Gasteiger partial charge in [-0.25, -0.2) is 10.0 Å². The molecule has 1 saturated heterocycles. The Balaban J connectivity index is 1.68. The number of benzene rings is 1. The van der Waals surface area contributed by atoms with Crippen LogP contribution in [0.5, 0.6) is 11.5 Å². The van der Waals surface area contributed by atoms with Crippen molar-refractivity contribution in [3.05, 3.63) is 23.8 Å². The van der Waals surface area contributed by atoms with Gasteiger partial charge in [0.15, 0.2) is 11.5 Å². The summed E-state index contributed by atoms with van der Waals surface area (Å²) < 4.78 is 10.8. The Bertz CT molecular complexity index is 430. The smallest absolute Gasteiger partial charge is 0.231 e. The first-order chi connectivity index (χ1) is 9.36. The minimum absolute atomic E-state index is 0.350.